The average molecular weight is 355 g/mol. The first-order valence-corrected chi connectivity index (χ1v) is 7.52. The third kappa shape index (κ3) is 3.95. The number of rotatable bonds is 5. The van der Waals surface area contributed by atoms with Gasteiger partial charge in [-0.1, -0.05) is 39.7 Å². The van der Waals surface area contributed by atoms with Gasteiger partial charge in [-0.2, -0.15) is 0 Å². The van der Waals surface area contributed by atoms with Crippen molar-refractivity contribution in [1.82, 2.24) is 10.3 Å². The Morgan fingerprint density at radius 1 is 1.30 bits per heavy atom. The third-order valence-electron chi connectivity index (χ3n) is 3.01. The van der Waals surface area contributed by atoms with Crippen LogP contribution < -0.4 is 10.2 Å². The third-order valence-corrected chi connectivity index (χ3v) is 3.88. The number of aromatic nitrogens is 1. The predicted molar refractivity (Wildman–Crippen MR) is 88.3 cm³/mol. The molecule has 0 radical (unpaired) electrons. The Bertz CT molecular complexity index is 572. The van der Waals surface area contributed by atoms with Crippen LogP contribution in [-0.4, -0.2) is 19.1 Å². The lowest BCUT2D eigenvalue weighted by molar-refractivity contribution is 0.811. The van der Waals surface area contributed by atoms with E-state index in [1.165, 1.54) is 5.56 Å². The summed E-state index contributed by atoms with van der Waals surface area (Å²) in [6.45, 7) is 1.54. The van der Waals surface area contributed by atoms with Gasteiger partial charge >= 0.3 is 0 Å². The van der Waals surface area contributed by atoms with Gasteiger partial charge in [-0.05, 0) is 36.4 Å². The highest BCUT2D eigenvalue weighted by Gasteiger charge is 2.07. The van der Waals surface area contributed by atoms with Gasteiger partial charge in [-0.3, -0.25) is 0 Å². The highest BCUT2D eigenvalue weighted by atomic mass is 79.9. The highest BCUT2D eigenvalue weighted by molar-refractivity contribution is 9.10. The van der Waals surface area contributed by atoms with Crippen molar-refractivity contribution in [2.75, 3.05) is 19.0 Å². The van der Waals surface area contributed by atoms with Gasteiger partial charge in [-0.25, -0.2) is 4.98 Å². The van der Waals surface area contributed by atoms with Gasteiger partial charge in [0.2, 0.25) is 0 Å². The highest BCUT2D eigenvalue weighted by Crippen LogP contribution is 2.21. The molecule has 0 fully saturated rings. The zero-order valence-electron chi connectivity index (χ0n) is 11.5. The molecule has 1 aromatic carbocycles. The zero-order chi connectivity index (χ0) is 14.5. The first kappa shape index (κ1) is 15.3. The summed E-state index contributed by atoms with van der Waals surface area (Å²) in [7, 11) is 3.93. The average Bonchev–Trinajstić information content (AvgIpc) is 2.44. The SMILES string of the molecule is CNCc1cc(N(C)Cc2ccc(Br)cc2)ncc1Cl. The monoisotopic (exact) mass is 353 g/mol. The number of hydrogen-bond acceptors (Lipinski definition) is 3. The van der Waals surface area contributed by atoms with Crippen LogP contribution in [0.1, 0.15) is 11.1 Å². The quantitative estimate of drug-likeness (QED) is 0.884. The van der Waals surface area contributed by atoms with Crippen molar-refractivity contribution in [3.05, 3.63) is 57.2 Å². The van der Waals surface area contributed by atoms with Gasteiger partial charge in [0.05, 0.1) is 5.02 Å². The minimum atomic E-state index is 0.695. The molecule has 3 nitrogen and oxygen atoms in total. The fourth-order valence-corrected chi connectivity index (χ4v) is 2.38. The maximum absolute atomic E-state index is 6.13. The number of anilines is 1. The number of hydrogen-bond donors (Lipinski definition) is 1. The van der Waals surface area contributed by atoms with Crippen LogP contribution in [-0.2, 0) is 13.1 Å². The summed E-state index contributed by atoms with van der Waals surface area (Å²) in [6.07, 6.45) is 1.71. The Kier molecular flexibility index (Phi) is 5.40. The van der Waals surface area contributed by atoms with Crippen LogP contribution in [0.25, 0.3) is 0 Å². The first-order chi connectivity index (χ1) is 9.60. The molecule has 0 aliphatic rings. The van der Waals surface area contributed by atoms with Crippen LogP contribution in [0.4, 0.5) is 5.82 Å². The van der Waals surface area contributed by atoms with E-state index in [2.05, 4.69) is 43.3 Å². The van der Waals surface area contributed by atoms with Crippen molar-refractivity contribution < 1.29 is 0 Å². The minimum Gasteiger partial charge on any atom is -0.355 e. The lowest BCUT2D eigenvalue weighted by Crippen LogP contribution is -2.18. The molecule has 1 N–H and O–H groups in total. The number of benzene rings is 1. The molecule has 0 spiro atoms. The second kappa shape index (κ2) is 7.07. The van der Waals surface area contributed by atoms with E-state index in [0.717, 1.165) is 28.9 Å². The number of halogens is 2. The first-order valence-electron chi connectivity index (χ1n) is 6.34. The van der Waals surface area contributed by atoms with Crippen LogP contribution in [0.15, 0.2) is 41.0 Å². The van der Waals surface area contributed by atoms with Crippen LogP contribution in [0.3, 0.4) is 0 Å². The number of pyridine rings is 1. The Balaban J connectivity index is 2.14. The summed E-state index contributed by atoms with van der Waals surface area (Å²) in [4.78, 5) is 6.50. The Hall–Kier alpha value is -1.10. The Morgan fingerprint density at radius 2 is 2.00 bits per heavy atom. The molecular formula is C15H17BrClN3. The Labute approximate surface area is 133 Å². The van der Waals surface area contributed by atoms with Crippen molar-refractivity contribution in [1.29, 1.82) is 0 Å². The second-order valence-corrected chi connectivity index (χ2v) is 5.97. The van der Waals surface area contributed by atoms with Crippen molar-refractivity contribution in [2.24, 2.45) is 0 Å². The van der Waals surface area contributed by atoms with Crippen LogP contribution in [0.5, 0.6) is 0 Å². The molecule has 2 aromatic rings. The summed E-state index contributed by atoms with van der Waals surface area (Å²) in [5.41, 5.74) is 2.30. The molecule has 0 amide bonds. The summed E-state index contributed by atoms with van der Waals surface area (Å²) in [5.74, 6) is 0.919. The van der Waals surface area contributed by atoms with Gasteiger partial charge in [-0.15, -0.1) is 0 Å². The largest absolute Gasteiger partial charge is 0.355 e. The molecule has 2 rings (SSSR count). The fourth-order valence-electron chi connectivity index (χ4n) is 1.95. The van der Waals surface area contributed by atoms with Gasteiger partial charge < -0.3 is 10.2 Å². The van der Waals surface area contributed by atoms with E-state index in [0.29, 0.717) is 5.02 Å². The molecule has 1 aromatic heterocycles. The lowest BCUT2D eigenvalue weighted by atomic mass is 10.2. The molecule has 5 heteroatoms. The standard InChI is InChI=1S/C15H17BrClN3/c1-18-8-12-7-15(19-9-14(12)17)20(2)10-11-3-5-13(16)6-4-11/h3-7,9,18H,8,10H2,1-2H3. The van der Waals surface area contributed by atoms with Crippen LogP contribution >= 0.6 is 27.5 Å². The molecule has 20 heavy (non-hydrogen) atoms. The van der Waals surface area contributed by atoms with E-state index >= 15 is 0 Å². The Morgan fingerprint density at radius 3 is 2.65 bits per heavy atom. The summed E-state index contributed by atoms with van der Waals surface area (Å²) >= 11 is 9.57. The van der Waals surface area contributed by atoms with E-state index in [1.54, 1.807) is 6.20 Å². The van der Waals surface area contributed by atoms with Gasteiger partial charge in [0.15, 0.2) is 0 Å². The molecule has 0 atom stereocenters. The number of nitrogens with one attached hydrogen (secondary N) is 1. The molecular weight excluding hydrogens is 338 g/mol. The molecule has 0 aliphatic carbocycles. The van der Waals surface area contributed by atoms with Crippen LogP contribution in [0, 0.1) is 0 Å². The maximum Gasteiger partial charge on any atom is 0.128 e. The molecule has 106 valence electrons. The zero-order valence-corrected chi connectivity index (χ0v) is 13.9. The van der Waals surface area contributed by atoms with Crippen molar-refractivity contribution in [3.63, 3.8) is 0 Å². The normalized spacial score (nSPS) is 10.6. The summed E-state index contributed by atoms with van der Waals surface area (Å²) < 4.78 is 1.09. The van der Waals surface area contributed by atoms with Crippen molar-refractivity contribution >= 4 is 33.3 Å². The molecule has 1 heterocycles. The molecule has 0 saturated heterocycles. The smallest absolute Gasteiger partial charge is 0.128 e. The van der Waals surface area contributed by atoms with Gasteiger partial charge in [0, 0.05) is 30.8 Å². The second-order valence-electron chi connectivity index (χ2n) is 4.65. The summed E-state index contributed by atoms with van der Waals surface area (Å²) in [6, 6.07) is 10.3. The van der Waals surface area contributed by atoms with Gasteiger partial charge in [0.25, 0.3) is 0 Å². The molecule has 0 unspecified atom stereocenters. The number of nitrogens with zero attached hydrogens (tertiary/aromatic N) is 2. The van der Waals surface area contributed by atoms with Crippen molar-refractivity contribution in [3.8, 4) is 0 Å². The van der Waals surface area contributed by atoms with Crippen molar-refractivity contribution in [2.45, 2.75) is 13.1 Å². The fraction of sp³-hybridized carbons (Fsp3) is 0.267. The van der Waals surface area contributed by atoms with E-state index < -0.39 is 0 Å². The molecule has 0 aliphatic heterocycles. The van der Waals surface area contributed by atoms with E-state index in [-0.39, 0.29) is 0 Å². The van der Waals surface area contributed by atoms with E-state index in [9.17, 15) is 0 Å². The minimum absolute atomic E-state index is 0.695. The maximum atomic E-state index is 6.13. The summed E-state index contributed by atoms with van der Waals surface area (Å²) in [5, 5.41) is 3.81. The van der Waals surface area contributed by atoms with Crippen LogP contribution in [0.2, 0.25) is 5.02 Å². The topological polar surface area (TPSA) is 28.2 Å². The molecule has 0 saturated carbocycles. The van der Waals surface area contributed by atoms with Gasteiger partial charge in [0.1, 0.15) is 5.82 Å². The van der Waals surface area contributed by atoms with E-state index in [1.807, 2.05) is 32.3 Å². The molecule has 0 bridgehead atoms. The predicted octanol–water partition coefficient (Wildman–Crippen LogP) is 3.85. The van der Waals surface area contributed by atoms with E-state index in [4.69, 9.17) is 11.6 Å². The lowest BCUT2D eigenvalue weighted by Gasteiger charge is -2.19.